The lowest BCUT2D eigenvalue weighted by Gasteiger charge is -2.23. The number of carbonyl (C=O) groups is 1. The first-order chi connectivity index (χ1) is 16.6. The van der Waals surface area contributed by atoms with Crippen LogP contribution < -0.4 is 14.9 Å². The number of rotatable bonds is 9. The molecule has 0 radical (unpaired) electrons. The molecule has 0 aliphatic carbocycles. The van der Waals surface area contributed by atoms with Crippen LogP contribution in [-0.4, -0.2) is 32.5 Å². The number of sulfonamides is 1. The molecule has 0 saturated carbocycles. The number of amides is 2. The zero-order valence-corrected chi connectivity index (χ0v) is 20.1. The van der Waals surface area contributed by atoms with Crippen LogP contribution in [0.5, 0.6) is 0 Å². The van der Waals surface area contributed by atoms with Gasteiger partial charge in [-0.05, 0) is 61.9 Å². The smallest absolute Gasteiger partial charge is 0.308 e. The molecular formula is C23H22ClFN4O5S. The van der Waals surface area contributed by atoms with E-state index < -0.39 is 32.5 Å². The average molecular weight is 521 g/mol. The van der Waals surface area contributed by atoms with Gasteiger partial charge in [-0.15, -0.1) is 0 Å². The monoisotopic (exact) mass is 520 g/mol. The summed E-state index contributed by atoms with van der Waals surface area (Å²) in [6.45, 7) is 1.96. The molecule has 35 heavy (non-hydrogen) atoms. The second kappa shape index (κ2) is 11.3. The maximum atomic E-state index is 13.4. The van der Waals surface area contributed by atoms with Gasteiger partial charge in [-0.3, -0.25) is 15.0 Å². The Balaban J connectivity index is 1.68. The molecule has 3 aromatic rings. The van der Waals surface area contributed by atoms with Gasteiger partial charge in [0.05, 0.1) is 9.82 Å². The van der Waals surface area contributed by atoms with Gasteiger partial charge in [0, 0.05) is 30.5 Å². The standard InChI is InChI=1S/C23H22ClFN4O5S/c1-16-3-7-18(8-4-16)27-23(30)28(19-9-5-17(25)6-10-19)14-2-13-26-35(33,34)20-11-12-21(24)22(15-20)29(31)32/h3-12,15,26H,2,13-14H2,1H3,(H,27,30). The summed E-state index contributed by atoms with van der Waals surface area (Å²) in [5, 5.41) is 13.6. The molecule has 3 rings (SSSR count). The van der Waals surface area contributed by atoms with Crippen molar-refractivity contribution in [2.24, 2.45) is 0 Å². The number of anilines is 2. The highest BCUT2D eigenvalue weighted by molar-refractivity contribution is 7.89. The number of halogens is 2. The van der Waals surface area contributed by atoms with Crippen molar-refractivity contribution in [1.82, 2.24) is 4.72 Å². The van der Waals surface area contributed by atoms with Gasteiger partial charge in [-0.1, -0.05) is 29.3 Å². The highest BCUT2D eigenvalue weighted by atomic mass is 35.5. The Hall–Kier alpha value is -3.54. The molecule has 0 spiro atoms. The maximum Gasteiger partial charge on any atom is 0.326 e. The SMILES string of the molecule is Cc1ccc(NC(=O)N(CCCNS(=O)(=O)c2ccc(Cl)c([N+](=O)[O-])c2)c2ccc(F)cc2)cc1. The lowest BCUT2D eigenvalue weighted by molar-refractivity contribution is -0.384. The van der Waals surface area contributed by atoms with Crippen LogP contribution in [0.2, 0.25) is 5.02 Å². The fourth-order valence-corrected chi connectivity index (χ4v) is 4.40. The first kappa shape index (κ1) is 26.1. The number of urea groups is 1. The van der Waals surface area contributed by atoms with Crippen molar-refractivity contribution in [3.63, 3.8) is 0 Å². The van der Waals surface area contributed by atoms with Gasteiger partial charge in [-0.2, -0.15) is 0 Å². The predicted molar refractivity (Wildman–Crippen MR) is 132 cm³/mol. The Morgan fingerprint density at radius 3 is 2.37 bits per heavy atom. The summed E-state index contributed by atoms with van der Waals surface area (Å²) in [7, 11) is -4.06. The van der Waals surface area contributed by atoms with Crippen LogP contribution in [-0.2, 0) is 10.0 Å². The third-order valence-corrected chi connectivity index (χ3v) is 6.74. The summed E-state index contributed by atoms with van der Waals surface area (Å²) in [4.78, 5) is 24.3. The van der Waals surface area contributed by atoms with Gasteiger partial charge < -0.3 is 5.32 Å². The molecule has 0 heterocycles. The van der Waals surface area contributed by atoms with E-state index in [1.807, 2.05) is 19.1 Å². The average Bonchev–Trinajstić information content (AvgIpc) is 2.81. The highest BCUT2D eigenvalue weighted by Crippen LogP contribution is 2.27. The van der Waals surface area contributed by atoms with Crippen LogP contribution >= 0.6 is 11.6 Å². The minimum atomic E-state index is -4.06. The van der Waals surface area contributed by atoms with Gasteiger partial charge >= 0.3 is 6.03 Å². The predicted octanol–water partition coefficient (Wildman–Crippen LogP) is 5.10. The fourth-order valence-electron chi connectivity index (χ4n) is 3.12. The van der Waals surface area contributed by atoms with E-state index in [9.17, 15) is 27.7 Å². The normalized spacial score (nSPS) is 11.2. The first-order valence-electron chi connectivity index (χ1n) is 10.4. The van der Waals surface area contributed by atoms with Crippen molar-refractivity contribution in [2.75, 3.05) is 23.3 Å². The third kappa shape index (κ3) is 6.98. The molecule has 0 saturated heterocycles. The quantitative estimate of drug-likeness (QED) is 0.231. The number of nitro groups is 1. The molecule has 0 aliphatic heterocycles. The van der Waals surface area contributed by atoms with Crippen LogP contribution in [0, 0.1) is 22.9 Å². The molecule has 2 N–H and O–H groups in total. The number of hydrogen-bond acceptors (Lipinski definition) is 5. The summed E-state index contributed by atoms with van der Waals surface area (Å²) >= 11 is 5.74. The summed E-state index contributed by atoms with van der Waals surface area (Å²) < 4.78 is 40.9. The van der Waals surface area contributed by atoms with Crippen LogP contribution in [0.1, 0.15) is 12.0 Å². The highest BCUT2D eigenvalue weighted by Gasteiger charge is 2.21. The number of nitro benzene ring substituents is 1. The summed E-state index contributed by atoms with van der Waals surface area (Å²) in [5.74, 6) is -0.461. The van der Waals surface area contributed by atoms with Gasteiger partial charge in [0.1, 0.15) is 10.8 Å². The van der Waals surface area contributed by atoms with Crippen molar-refractivity contribution in [3.05, 3.63) is 93.2 Å². The van der Waals surface area contributed by atoms with Crippen LogP contribution in [0.4, 0.5) is 26.2 Å². The Morgan fingerprint density at radius 1 is 1.09 bits per heavy atom. The number of benzene rings is 3. The topological polar surface area (TPSA) is 122 Å². The summed E-state index contributed by atoms with van der Waals surface area (Å²) in [5.41, 5.74) is 1.49. The number of carbonyl (C=O) groups excluding carboxylic acids is 1. The maximum absolute atomic E-state index is 13.4. The Bertz CT molecular complexity index is 1320. The third-order valence-electron chi connectivity index (χ3n) is 4.96. The van der Waals surface area contributed by atoms with Crippen molar-refractivity contribution < 1.29 is 22.5 Å². The molecule has 0 unspecified atom stereocenters. The number of nitrogens with one attached hydrogen (secondary N) is 2. The van der Waals surface area contributed by atoms with Gasteiger partial charge in [-0.25, -0.2) is 22.3 Å². The van der Waals surface area contributed by atoms with E-state index in [2.05, 4.69) is 10.0 Å². The van der Waals surface area contributed by atoms with Crippen LogP contribution in [0.3, 0.4) is 0 Å². The molecule has 0 aromatic heterocycles. The van der Waals surface area contributed by atoms with Crippen molar-refractivity contribution in [2.45, 2.75) is 18.2 Å². The van der Waals surface area contributed by atoms with E-state index in [1.54, 1.807) is 12.1 Å². The molecule has 0 bridgehead atoms. The van der Waals surface area contributed by atoms with Crippen molar-refractivity contribution in [3.8, 4) is 0 Å². The Morgan fingerprint density at radius 2 is 1.74 bits per heavy atom. The molecule has 184 valence electrons. The molecule has 2 amide bonds. The molecular weight excluding hydrogens is 499 g/mol. The second-order valence-corrected chi connectivity index (χ2v) is 9.72. The van der Waals surface area contributed by atoms with Gasteiger partial charge in [0.25, 0.3) is 5.69 Å². The van der Waals surface area contributed by atoms with Crippen LogP contribution in [0.15, 0.2) is 71.6 Å². The molecule has 9 nitrogen and oxygen atoms in total. The van der Waals surface area contributed by atoms with Gasteiger partial charge in [0.2, 0.25) is 10.0 Å². The van der Waals surface area contributed by atoms with Gasteiger partial charge in [0.15, 0.2) is 0 Å². The van der Waals surface area contributed by atoms with E-state index in [-0.39, 0.29) is 29.4 Å². The fraction of sp³-hybridized carbons (Fsp3) is 0.174. The minimum Gasteiger partial charge on any atom is -0.308 e. The zero-order valence-electron chi connectivity index (χ0n) is 18.6. The van der Waals surface area contributed by atoms with E-state index in [0.717, 1.165) is 23.8 Å². The van der Waals surface area contributed by atoms with E-state index >= 15 is 0 Å². The second-order valence-electron chi connectivity index (χ2n) is 7.55. The summed E-state index contributed by atoms with van der Waals surface area (Å²) in [6, 6.07) is 15.2. The summed E-state index contributed by atoms with van der Waals surface area (Å²) in [6.07, 6.45) is 0.202. The molecule has 0 fully saturated rings. The molecule has 0 aliphatic rings. The Labute approximate surface area is 206 Å². The van der Waals surface area contributed by atoms with E-state index in [4.69, 9.17) is 11.6 Å². The number of aryl methyl sites for hydroxylation is 1. The first-order valence-corrected chi connectivity index (χ1v) is 12.3. The largest absolute Gasteiger partial charge is 0.326 e. The lowest BCUT2D eigenvalue weighted by Crippen LogP contribution is -2.37. The molecule has 12 heteroatoms. The van der Waals surface area contributed by atoms with Crippen molar-refractivity contribution in [1.29, 1.82) is 0 Å². The van der Waals surface area contributed by atoms with E-state index in [0.29, 0.717) is 11.4 Å². The molecule has 3 aromatic carbocycles. The lowest BCUT2D eigenvalue weighted by atomic mass is 10.2. The Kier molecular flexibility index (Phi) is 8.39. The number of hydrogen-bond donors (Lipinski definition) is 2. The molecule has 0 atom stereocenters. The van der Waals surface area contributed by atoms with Crippen LogP contribution in [0.25, 0.3) is 0 Å². The van der Waals surface area contributed by atoms with E-state index in [1.165, 1.54) is 29.2 Å². The van der Waals surface area contributed by atoms with Crippen molar-refractivity contribution >= 4 is 44.7 Å². The zero-order chi connectivity index (χ0) is 25.6. The minimum absolute atomic E-state index is 0.0612. The number of nitrogens with zero attached hydrogens (tertiary/aromatic N) is 2.